The minimum Gasteiger partial charge on any atom is -0.657 e. The number of hydrogen-bond donors (Lipinski definition) is 4. The Labute approximate surface area is 356 Å². The Morgan fingerprint density at radius 3 is 0.705 bits per heavy atom. The normalized spacial score (nSPS) is 11.5. The van der Waals surface area contributed by atoms with E-state index in [1.165, 1.54) is 48.5 Å². The Bertz CT molecular complexity index is 2760. The summed E-state index contributed by atoms with van der Waals surface area (Å²) in [5.74, 6) is -4.30. The van der Waals surface area contributed by atoms with Crippen LogP contribution in [0.15, 0.2) is 121 Å². The number of nitrogens with zero attached hydrogens (tertiary/aromatic N) is 4. The molecule has 0 aliphatic carbocycles. The van der Waals surface area contributed by atoms with E-state index in [-0.39, 0.29) is 39.3 Å². The third-order valence-corrected chi connectivity index (χ3v) is 10.3. The molecule has 2 aliphatic heterocycles. The van der Waals surface area contributed by atoms with Crippen LogP contribution in [0.4, 0.5) is 0 Å². The van der Waals surface area contributed by atoms with Crippen LogP contribution >= 0.6 is 0 Å². The number of aromatic carboxylic acids is 4. The van der Waals surface area contributed by atoms with Crippen molar-refractivity contribution in [1.29, 1.82) is 0 Å². The van der Waals surface area contributed by atoms with Gasteiger partial charge in [0, 0.05) is 0 Å². The van der Waals surface area contributed by atoms with Crippen molar-refractivity contribution in [2.24, 2.45) is 0 Å². The SMILES string of the molecule is O=C(O)c1ccc(-c2c3nc(c(-c4ccc(C(=O)O)cc4)c4ccc([n-]4)c(-c4ccc(C(=O)O)cc4)c4nc(c(-c5ccc(C(=O)O)cc5)c5ccc2[n-]5)C=C4)C=C3)cc1.[Mn+3]. The van der Waals surface area contributed by atoms with Crippen LogP contribution in [0.2, 0.25) is 0 Å². The standard InChI is InChI=1S/C48H30N4O8.Mn/c53-45(54)29-9-1-25(2-10-29)41-33-17-19-35(49-33)42(26-3-11-30(12-4-26)46(55)56)37-21-23-39(51-37)44(28-7-15-32(16-8-28)48(59)60)40-24-22-38(52-40)43(36-20-18-34(41)50-36)27-5-13-31(14-6-27)47(57)58;/h1-24H,(H6,49,50,51,52,53,54,55,56,57,58,59,60);/q;+3/p-2. The molecule has 0 saturated carbocycles. The van der Waals surface area contributed by atoms with Gasteiger partial charge in [-0.25, -0.2) is 29.1 Å². The van der Waals surface area contributed by atoms with E-state index < -0.39 is 23.9 Å². The van der Waals surface area contributed by atoms with Crippen LogP contribution in [0.5, 0.6) is 0 Å². The molecule has 5 heterocycles. The maximum atomic E-state index is 11.8. The summed E-state index contributed by atoms with van der Waals surface area (Å²) in [6.07, 6.45) is 7.33. The molecule has 294 valence electrons. The van der Waals surface area contributed by atoms with Crippen molar-refractivity contribution < 1.29 is 56.7 Å². The number of carboxylic acid groups (broad SMARTS) is 4. The fraction of sp³-hybridized carbons (Fsp3) is 0. The second kappa shape index (κ2) is 15.9. The van der Waals surface area contributed by atoms with Gasteiger partial charge in [-0.05, 0) is 117 Å². The second-order valence-corrected chi connectivity index (χ2v) is 13.9. The van der Waals surface area contributed by atoms with Crippen molar-refractivity contribution in [3.8, 4) is 44.5 Å². The molecule has 0 spiro atoms. The van der Waals surface area contributed by atoms with Crippen molar-refractivity contribution in [2.75, 3.05) is 0 Å². The minimum absolute atomic E-state index is 0. The van der Waals surface area contributed by atoms with Gasteiger partial charge in [-0.1, -0.05) is 72.8 Å². The molecule has 0 atom stereocenters. The first kappa shape index (κ1) is 39.7. The molecule has 9 rings (SSSR count). The van der Waals surface area contributed by atoms with Gasteiger partial charge in [-0.3, -0.25) is 0 Å². The molecule has 61 heavy (non-hydrogen) atoms. The summed E-state index contributed by atoms with van der Waals surface area (Å²) in [5.41, 5.74) is 9.53. The topological polar surface area (TPSA) is 203 Å². The second-order valence-electron chi connectivity index (χ2n) is 13.9. The van der Waals surface area contributed by atoms with E-state index in [2.05, 4.69) is 0 Å². The summed E-state index contributed by atoms with van der Waals surface area (Å²) in [6, 6.07) is 33.0. The van der Waals surface area contributed by atoms with Crippen LogP contribution in [-0.2, 0) is 17.1 Å². The molecule has 13 heteroatoms. The molecule has 7 aromatic rings. The van der Waals surface area contributed by atoms with Crippen molar-refractivity contribution in [3.05, 3.63) is 166 Å². The van der Waals surface area contributed by atoms with E-state index in [1.807, 2.05) is 48.6 Å². The monoisotopic (exact) mass is 843 g/mol. The number of aromatic nitrogens is 4. The Morgan fingerprint density at radius 1 is 0.328 bits per heavy atom. The Morgan fingerprint density at radius 2 is 0.525 bits per heavy atom. The van der Waals surface area contributed by atoms with E-state index in [0.717, 1.165) is 0 Å². The van der Waals surface area contributed by atoms with Gasteiger partial charge in [-0.2, -0.15) is 0 Å². The Hall–Kier alpha value is -8.12. The molecule has 4 N–H and O–H groups in total. The number of fused-ring (bicyclic) bond motifs is 8. The number of hydrogen-bond acceptors (Lipinski definition) is 6. The first-order valence-electron chi connectivity index (χ1n) is 18.4. The van der Waals surface area contributed by atoms with Gasteiger partial charge < -0.3 is 30.4 Å². The number of rotatable bonds is 8. The summed E-state index contributed by atoms with van der Waals surface area (Å²) < 4.78 is 0. The predicted molar refractivity (Wildman–Crippen MR) is 226 cm³/mol. The molecule has 0 fully saturated rings. The minimum atomic E-state index is -1.07. The van der Waals surface area contributed by atoms with Crippen LogP contribution in [0, 0.1) is 0 Å². The summed E-state index contributed by atoms with van der Waals surface area (Å²) in [6.45, 7) is 0. The van der Waals surface area contributed by atoms with E-state index in [0.29, 0.717) is 89.4 Å². The zero-order valence-corrected chi connectivity index (χ0v) is 32.6. The van der Waals surface area contributed by atoms with Crippen molar-refractivity contribution in [1.82, 2.24) is 19.9 Å². The van der Waals surface area contributed by atoms with E-state index in [1.54, 1.807) is 48.5 Å². The molecular weight excluding hydrogens is 815 g/mol. The van der Waals surface area contributed by atoms with Crippen LogP contribution in [0.1, 0.15) is 64.2 Å². The van der Waals surface area contributed by atoms with Gasteiger partial charge in [0.1, 0.15) is 0 Å². The van der Waals surface area contributed by atoms with Crippen molar-refractivity contribution >= 4 is 70.2 Å². The Balaban J connectivity index is 0.00000514. The van der Waals surface area contributed by atoms with E-state index >= 15 is 0 Å². The molecular formula is C48H28MnN4O8+. The number of carboxylic acids is 4. The number of benzene rings is 4. The average Bonchev–Trinajstić information content (AvgIpc) is 4.10. The maximum Gasteiger partial charge on any atom is 3.00 e. The van der Waals surface area contributed by atoms with Gasteiger partial charge in [0.05, 0.1) is 45.0 Å². The summed E-state index contributed by atoms with van der Waals surface area (Å²) >= 11 is 0. The Kier molecular flexibility index (Phi) is 10.4. The first-order valence-corrected chi connectivity index (χ1v) is 18.4. The zero-order chi connectivity index (χ0) is 41.7. The van der Waals surface area contributed by atoms with Gasteiger partial charge in [0.15, 0.2) is 0 Å². The molecule has 4 aromatic carbocycles. The fourth-order valence-electron chi connectivity index (χ4n) is 7.39. The van der Waals surface area contributed by atoms with Crippen LogP contribution in [0.25, 0.3) is 90.9 Å². The average molecular weight is 844 g/mol. The molecule has 12 nitrogen and oxygen atoms in total. The predicted octanol–water partition coefficient (Wildman–Crippen LogP) is 9.37. The number of carbonyl (C=O) groups is 4. The summed E-state index contributed by atoms with van der Waals surface area (Å²) in [7, 11) is 0. The summed E-state index contributed by atoms with van der Waals surface area (Å²) in [5, 5.41) is 38.7. The largest absolute Gasteiger partial charge is 3.00 e. The van der Waals surface area contributed by atoms with E-state index in [4.69, 9.17) is 19.9 Å². The molecule has 0 saturated heterocycles. The van der Waals surface area contributed by atoms with Crippen LogP contribution in [-0.4, -0.2) is 54.3 Å². The molecule has 0 unspecified atom stereocenters. The smallest absolute Gasteiger partial charge is 0.657 e. The molecule has 0 radical (unpaired) electrons. The molecule has 2 aliphatic rings. The van der Waals surface area contributed by atoms with Gasteiger partial charge >= 0.3 is 40.9 Å². The van der Waals surface area contributed by atoms with Gasteiger partial charge in [0.2, 0.25) is 0 Å². The molecule has 3 aromatic heterocycles. The van der Waals surface area contributed by atoms with Gasteiger partial charge in [-0.15, -0.1) is 22.1 Å². The third kappa shape index (κ3) is 7.42. The third-order valence-electron chi connectivity index (χ3n) is 10.3. The fourth-order valence-corrected chi connectivity index (χ4v) is 7.39. The maximum absolute atomic E-state index is 11.8. The summed E-state index contributed by atoms with van der Waals surface area (Å²) in [4.78, 5) is 67.8. The quantitative estimate of drug-likeness (QED) is 0.106. The van der Waals surface area contributed by atoms with Crippen LogP contribution < -0.4 is 9.97 Å². The van der Waals surface area contributed by atoms with Crippen molar-refractivity contribution in [2.45, 2.75) is 0 Å². The zero-order valence-electron chi connectivity index (χ0n) is 31.4. The van der Waals surface area contributed by atoms with E-state index in [9.17, 15) is 39.6 Å². The van der Waals surface area contributed by atoms with Crippen LogP contribution in [0.3, 0.4) is 0 Å². The molecule has 8 bridgehead atoms. The van der Waals surface area contributed by atoms with Gasteiger partial charge in [0.25, 0.3) is 0 Å². The van der Waals surface area contributed by atoms with Crippen molar-refractivity contribution in [3.63, 3.8) is 0 Å². The first-order chi connectivity index (χ1) is 29.0. The molecule has 0 amide bonds.